The van der Waals surface area contributed by atoms with Gasteiger partial charge in [0.2, 0.25) is 0 Å². The SMILES string of the molecule is O=C(Oc1c(O)c(Cl)c(Cl)c(Cl)c1Cl)c1ccccc1Cl. The van der Waals surface area contributed by atoms with Crippen molar-refractivity contribution in [1.29, 1.82) is 0 Å². The quantitative estimate of drug-likeness (QED) is 0.303. The van der Waals surface area contributed by atoms with Crippen LogP contribution in [0.15, 0.2) is 24.3 Å². The summed E-state index contributed by atoms with van der Waals surface area (Å²) in [5, 5.41) is 9.28. The molecule has 0 aliphatic rings. The molecule has 0 bridgehead atoms. The number of halogens is 5. The van der Waals surface area contributed by atoms with Gasteiger partial charge in [0.25, 0.3) is 0 Å². The molecule has 0 saturated heterocycles. The molecule has 0 atom stereocenters. The van der Waals surface area contributed by atoms with E-state index in [4.69, 9.17) is 62.7 Å². The molecule has 0 unspecified atom stereocenters. The molecule has 0 aliphatic heterocycles. The molecule has 0 spiro atoms. The molecule has 110 valence electrons. The van der Waals surface area contributed by atoms with Crippen LogP contribution in [0.25, 0.3) is 0 Å². The zero-order valence-electron chi connectivity index (χ0n) is 9.96. The van der Waals surface area contributed by atoms with Crippen molar-refractivity contribution in [3.63, 3.8) is 0 Å². The number of hydrogen-bond donors (Lipinski definition) is 1. The van der Waals surface area contributed by atoms with Gasteiger partial charge in [0.1, 0.15) is 10.0 Å². The summed E-state index contributed by atoms with van der Waals surface area (Å²) in [4.78, 5) is 12.1. The Hall–Kier alpha value is -0.840. The Balaban J connectivity index is 2.46. The van der Waals surface area contributed by atoms with Crippen LogP contribution >= 0.6 is 58.0 Å². The molecule has 3 nitrogen and oxygen atoms in total. The maximum atomic E-state index is 12.1. The number of carbonyl (C=O) groups excluding carboxylic acids is 1. The average molecular weight is 386 g/mol. The topological polar surface area (TPSA) is 46.5 Å². The van der Waals surface area contributed by atoms with E-state index in [0.717, 1.165) is 0 Å². The third-order valence-electron chi connectivity index (χ3n) is 2.49. The molecule has 2 aromatic rings. The molecule has 0 amide bonds. The van der Waals surface area contributed by atoms with Crippen molar-refractivity contribution < 1.29 is 14.6 Å². The first-order valence-corrected chi connectivity index (χ1v) is 7.25. The van der Waals surface area contributed by atoms with Crippen LogP contribution in [0.2, 0.25) is 25.1 Å². The average Bonchev–Trinajstić information content (AvgIpc) is 2.48. The van der Waals surface area contributed by atoms with E-state index in [1.54, 1.807) is 12.1 Å². The highest BCUT2D eigenvalue weighted by Crippen LogP contribution is 2.49. The molecule has 2 rings (SSSR count). The van der Waals surface area contributed by atoms with Crippen molar-refractivity contribution in [1.82, 2.24) is 0 Å². The summed E-state index contributed by atoms with van der Waals surface area (Å²) >= 11 is 29.2. The summed E-state index contributed by atoms with van der Waals surface area (Å²) in [5.41, 5.74) is 0.0943. The molecule has 0 fully saturated rings. The van der Waals surface area contributed by atoms with Gasteiger partial charge >= 0.3 is 5.97 Å². The number of esters is 1. The van der Waals surface area contributed by atoms with E-state index in [0.29, 0.717) is 0 Å². The lowest BCUT2D eigenvalue weighted by atomic mass is 10.2. The predicted octanol–water partition coefficient (Wildman–Crippen LogP) is 5.88. The molecular formula is C13H5Cl5O3. The molecule has 21 heavy (non-hydrogen) atoms. The number of benzene rings is 2. The summed E-state index contributed by atoms with van der Waals surface area (Å²) in [6.07, 6.45) is 0. The first-order chi connectivity index (χ1) is 9.84. The number of hydrogen-bond acceptors (Lipinski definition) is 3. The third-order valence-corrected chi connectivity index (χ3v) is 4.59. The smallest absolute Gasteiger partial charge is 0.345 e. The van der Waals surface area contributed by atoms with Gasteiger partial charge in [-0.05, 0) is 12.1 Å². The number of rotatable bonds is 2. The zero-order valence-corrected chi connectivity index (χ0v) is 13.7. The minimum Gasteiger partial charge on any atom is -0.503 e. The van der Waals surface area contributed by atoms with Crippen LogP contribution < -0.4 is 4.74 Å². The molecular weight excluding hydrogens is 381 g/mol. The van der Waals surface area contributed by atoms with Gasteiger partial charge in [0, 0.05) is 0 Å². The highest BCUT2D eigenvalue weighted by molar-refractivity contribution is 6.53. The Morgan fingerprint density at radius 3 is 2.10 bits per heavy atom. The van der Waals surface area contributed by atoms with Crippen molar-refractivity contribution in [2.24, 2.45) is 0 Å². The largest absolute Gasteiger partial charge is 0.503 e. The van der Waals surface area contributed by atoms with Crippen LogP contribution in [0.4, 0.5) is 0 Å². The fourth-order valence-corrected chi connectivity index (χ4v) is 2.54. The molecule has 1 N–H and O–H groups in total. The Bertz CT molecular complexity index is 701. The molecule has 0 heterocycles. The highest BCUT2D eigenvalue weighted by atomic mass is 35.5. The molecule has 0 aliphatic carbocycles. The van der Waals surface area contributed by atoms with Gasteiger partial charge in [-0.2, -0.15) is 0 Å². The van der Waals surface area contributed by atoms with Crippen LogP contribution in [-0.4, -0.2) is 11.1 Å². The maximum absolute atomic E-state index is 12.1. The summed E-state index contributed by atoms with van der Waals surface area (Å²) in [7, 11) is 0. The van der Waals surface area contributed by atoms with Crippen LogP contribution in [0.5, 0.6) is 11.5 Å². The Labute approximate surface area is 144 Å². The lowest BCUT2D eigenvalue weighted by Gasteiger charge is -2.12. The van der Waals surface area contributed by atoms with E-state index in [2.05, 4.69) is 0 Å². The predicted molar refractivity (Wildman–Crippen MR) is 84.6 cm³/mol. The monoisotopic (exact) mass is 384 g/mol. The fraction of sp³-hybridized carbons (Fsp3) is 0. The van der Waals surface area contributed by atoms with E-state index in [9.17, 15) is 9.90 Å². The second kappa shape index (κ2) is 6.51. The first kappa shape index (κ1) is 16.5. The van der Waals surface area contributed by atoms with Gasteiger partial charge in [-0.15, -0.1) is 0 Å². The van der Waals surface area contributed by atoms with Crippen molar-refractivity contribution >= 4 is 64.0 Å². The highest BCUT2D eigenvalue weighted by Gasteiger charge is 2.24. The Morgan fingerprint density at radius 1 is 0.905 bits per heavy atom. The van der Waals surface area contributed by atoms with Gasteiger partial charge in [-0.3, -0.25) is 0 Å². The third kappa shape index (κ3) is 3.17. The van der Waals surface area contributed by atoms with Crippen LogP contribution in [-0.2, 0) is 0 Å². The summed E-state index contributed by atoms with van der Waals surface area (Å²) in [5.74, 6) is -1.80. The number of phenols is 1. The minimum absolute atomic E-state index is 0.0943. The molecule has 0 aromatic heterocycles. The number of carbonyl (C=O) groups is 1. The van der Waals surface area contributed by atoms with Crippen LogP contribution in [0.1, 0.15) is 10.4 Å². The van der Waals surface area contributed by atoms with Gasteiger partial charge in [-0.1, -0.05) is 70.1 Å². The normalized spacial score (nSPS) is 10.5. The molecule has 2 aromatic carbocycles. The second-order valence-electron chi connectivity index (χ2n) is 3.80. The van der Waals surface area contributed by atoms with Crippen molar-refractivity contribution in [3.05, 3.63) is 54.9 Å². The maximum Gasteiger partial charge on any atom is 0.345 e. The lowest BCUT2D eigenvalue weighted by Crippen LogP contribution is -2.09. The van der Waals surface area contributed by atoms with Gasteiger partial charge in [0.05, 0.1) is 20.6 Å². The first-order valence-electron chi connectivity index (χ1n) is 5.36. The van der Waals surface area contributed by atoms with Crippen molar-refractivity contribution in [3.8, 4) is 11.5 Å². The lowest BCUT2D eigenvalue weighted by molar-refractivity contribution is 0.0730. The zero-order chi connectivity index (χ0) is 15.7. The van der Waals surface area contributed by atoms with E-state index in [1.807, 2.05) is 0 Å². The van der Waals surface area contributed by atoms with Gasteiger partial charge in [-0.25, -0.2) is 4.79 Å². The van der Waals surface area contributed by atoms with Crippen LogP contribution in [0.3, 0.4) is 0 Å². The van der Waals surface area contributed by atoms with E-state index in [-0.39, 0.29) is 36.4 Å². The van der Waals surface area contributed by atoms with Crippen molar-refractivity contribution in [2.45, 2.75) is 0 Å². The summed E-state index contributed by atoms with van der Waals surface area (Å²) in [6.45, 7) is 0. The van der Waals surface area contributed by atoms with Crippen LogP contribution in [0, 0.1) is 0 Å². The summed E-state index contributed by atoms with van der Waals surface area (Å²) in [6, 6.07) is 6.22. The van der Waals surface area contributed by atoms with Gasteiger partial charge in [0.15, 0.2) is 11.5 Å². The van der Waals surface area contributed by atoms with Gasteiger partial charge < -0.3 is 9.84 Å². The minimum atomic E-state index is -0.827. The summed E-state index contributed by atoms with van der Waals surface area (Å²) < 4.78 is 5.03. The standard InChI is InChI=1S/C13H5Cl5O3/c14-6-4-2-1-3-5(6)13(20)21-12-10(18)8(16)7(15)9(17)11(12)19/h1-4,19H. The number of aromatic hydroxyl groups is 1. The number of ether oxygens (including phenoxy) is 1. The second-order valence-corrected chi connectivity index (χ2v) is 5.72. The molecule has 8 heteroatoms. The van der Waals surface area contributed by atoms with E-state index in [1.165, 1.54) is 12.1 Å². The molecule has 0 saturated carbocycles. The number of phenolic OH excluding ortho intramolecular Hbond substituents is 1. The Kier molecular flexibility index (Phi) is 5.12. The molecule has 0 radical (unpaired) electrons. The Morgan fingerprint density at radius 2 is 1.48 bits per heavy atom. The van der Waals surface area contributed by atoms with Crippen molar-refractivity contribution in [2.75, 3.05) is 0 Å². The van der Waals surface area contributed by atoms with E-state index >= 15 is 0 Å². The fourth-order valence-electron chi connectivity index (χ4n) is 1.47. The van der Waals surface area contributed by atoms with E-state index < -0.39 is 11.7 Å².